The third kappa shape index (κ3) is 3.24. The highest BCUT2D eigenvalue weighted by molar-refractivity contribution is 5.79. The molecule has 0 radical (unpaired) electrons. The highest BCUT2D eigenvalue weighted by Gasteiger charge is 2.32. The number of amides is 1. The summed E-state index contributed by atoms with van der Waals surface area (Å²) in [5.41, 5.74) is 3.35. The second kappa shape index (κ2) is 6.07. The van der Waals surface area contributed by atoms with E-state index in [1.54, 1.807) is 18.2 Å². The lowest BCUT2D eigenvalue weighted by Gasteiger charge is -2.37. The molecule has 1 amide bonds. The van der Waals surface area contributed by atoms with Crippen molar-refractivity contribution in [3.63, 3.8) is 0 Å². The molecule has 0 saturated heterocycles. The Kier molecular flexibility index (Phi) is 4.12. The van der Waals surface area contributed by atoms with Gasteiger partial charge in [-0.1, -0.05) is 56.3 Å². The van der Waals surface area contributed by atoms with Gasteiger partial charge < -0.3 is 10.4 Å². The van der Waals surface area contributed by atoms with Crippen LogP contribution in [0.3, 0.4) is 0 Å². The molecule has 120 valence electrons. The van der Waals surface area contributed by atoms with Crippen molar-refractivity contribution < 1.29 is 9.90 Å². The first-order valence-corrected chi connectivity index (χ1v) is 8.13. The summed E-state index contributed by atoms with van der Waals surface area (Å²) in [5, 5.41) is 13.0. The van der Waals surface area contributed by atoms with Gasteiger partial charge in [0.2, 0.25) is 5.91 Å². The standard InChI is InChI=1S/C20H23NO2/c1-20(2)12-11-17(15-8-4-5-9-16(15)20)21-19(23)13-14-7-3-6-10-18(14)22/h3-10,17,22H,11-13H2,1-2H3,(H,21,23). The number of rotatable bonds is 3. The van der Waals surface area contributed by atoms with Gasteiger partial charge in [-0.05, 0) is 35.4 Å². The van der Waals surface area contributed by atoms with Crippen molar-refractivity contribution in [2.24, 2.45) is 0 Å². The minimum Gasteiger partial charge on any atom is -0.508 e. The summed E-state index contributed by atoms with van der Waals surface area (Å²) in [6.07, 6.45) is 2.19. The smallest absolute Gasteiger partial charge is 0.225 e. The minimum absolute atomic E-state index is 0.0500. The average Bonchev–Trinajstić information content (AvgIpc) is 2.53. The van der Waals surface area contributed by atoms with Crippen LogP contribution in [0.25, 0.3) is 0 Å². The van der Waals surface area contributed by atoms with Crippen molar-refractivity contribution in [3.05, 3.63) is 65.2 Å². The Balaban J connectivity index is 1.76. The largest absolute Gasteiger partial charge is 0.508 e. The van der Waals surface area contributed by atoms with Gasteiger partial charge in [0.25, 0.3) is 0 Å². The Bertz CT molecular complexity index is 721. The van der Waals surface area contributed by atoms with Crippen LogP contribution in [0.4, 0.5) is 0 Å². The molecule has 23 heavy (non-hydrogen) atoms. The predicted molar refractivity (Wildman–Crippen MR) is 91.4 cm³/mol. The molecule has 3 heteroatoms. The van der Waals surface area contributed by atoms with Crippen LogP contribution in [0.5, 0.6) is 5.75 Å². The van der Waals surface area contributed by atoms with Crippen LogP contribution in [0.2, 0.25) is 0 Å². The first-order valence-electron chi connectivity index (χ1n) is 8.13. The topological polar surface area (TPSA) is 49.3 Å². The van der Waals surface area contributed by atoms with Gasteiger partial charge in [-0.2, -0.15) is 0 Å². The van der Waals surface area contributed by atoms with Crippen molar-refractivity contribution >= 4 is 5.91 Å². The summed E-state index contributed by atoms with van der Waals surface area (Å²) >= 11 is 0. The number of nitrogens with one attached hydrogen (secondary N) is 1. The number of para-hydroxylation sites is 1. The summed E-state index contributed by atoms with van der Waals surface area (Å²) in [4.78, 5) is 12.4. The summed E-state index contributed by atoms with van der Waals surface area (Å²) in [5.74, 6) is 0.124. The van der Waals surface area contributed by atoms with Crippen molar-refractivity contribution in [3.8, 4) is 5.75 Å². The van der Waals surface area contributed by atoms with Crippen LogP contribution in [-0.4, -0.2) is 11.0 Å². The average molecular weight is 309 g/mol. The number of carbonyl (C=O) groups is 1. The Labute approximate surface area is 137 Å². The molecule has 1 atom stereocenters. The molecule has 3 rings (SSSR count). The quantitative estimate of drug-likeness (QED) is 0.904. The van der Waals surface area contributed by atoms with Gasteiger partial charge in [-0.25, -0.2) is 0 Å². The summed E-state index contributed by atoms with van der Waals surface area (Å²) in [6, 6.07) is 15.4. The summed E-state index contributed by atoms with van der Waals surface area (Å²) in [6.45, 7) is 4.51. The summed E-state index contributed by atoms with van der Waals surface area (Å²) < 4.78 is 0. The molecular formula is C20H23NO2. The van der Waals surface area contributed by atoms with Crippen LogP contribution in [-0.2, 0) is 16.6 Å². The lowest BCUT2D eigenvalue weighted by molar-refractivity contribution is -0.121. The lowest BCUT2D eigenvalue weighted by atomic mass is 9.71. The Morgan fingerprint density at radius 2 is 1.87 bits per heavy atom. The van der Waals surface area contributed by atoms with E-state index in [1.165, 1.54) is 11.1 Å². The third-order valence-corrected chi connectivity index (χ3v) is 4.80. The van der Waals surface area contributed by atoms with E-state index in [4.69, 9.17) is 0 Å². The Morgan fingerprint density at radius 1 is 1.17 bits per heavy atom. The molecule has 1 unspecified atom stereocenters. The van der Waals surface area contributed by atoms with Crippen molar-refractivity contribution in [1.82, 2.24) is 5.32 Å². The Hall–Kier alpha value is -2.29. The van der Waals surface area contributed by atoms with Crippen LogP contribution in [0, 0.1) is 0 Å². The number of aromatic hydroxyl groups is 1. The number of hydrogen-bond acceptors (Lipinski definition) is 2. The SMILES string of the molecule is CC1(C)CCC(NC(=O)Cc2ccccc2O)c2ccccc21. The van der Waals surface area contributed by atoms with Gasteiger partial charge >= 0.3 is 0 Å². The van der Waals surface area contributed by atoms with E-state index in [2.05, 4.69) is 37.4 Å². The first-order chi connectivity index (χ1) is 11.0. The zero-order valence-electron chi connectivity index (χ0n) is 13.7. The Morgan fingerprint density at radius 3 is 2.65 bits per heavy atom. The van der Waals surface area contributed by atoms with Gasteiger partial charge in [-0.3, -0.25) is 4.79 Å². The molecule has 0 fully saturated rings. The molecule has 0 aliphatic heterocycles. The van der Waals surface area contributed by atoms with Gasteiger partial charge in [-0.15, -0.1) is 0 Å². The minimum atomic E-state index is -0.0500. The molecule has 0 heterocycles. The lowest BCUT2D eigenvalue weighted by Crippen LogP contribution is -2.36. The second-order valence-electron chi connectivity index (χ2n) is 6.94. The number of hydrogen-bond donors (Lipinski definition) is 2. The molecule has 1 aliphatic carbocycles. The maximum absolute atomic E-state index is 12.4. The van der Waals surface area contributed by atoms with Gasteiger partial charge in [0.15, 0.2) is 0 Å². The van der Waals surface area contributed by atoms with Crippen molar-refractivity contribution in [2.45, 2.75) is 44.6 Å². The maximum Gasteiger partial charge on any atom is 0.225 e. The number of phenolic OH excluding ortho intramolecular Hbond substituents is 1. The second-order valence-corrected chi connectivity index (χ2v) is 6.94. The molecule has 3 nitrogen and oxygen atoms in total. The van der Waals surface area contributed by atoms with E-state index in [1.807, 2.05) is 12.1 Å². The third-order valence-electron chi connectivity index (χ3n) is 4.80. The van der Waals surface area contributed by atoms with Crippen LogP contribution in [0.15, 0.2) is 48.5 Å². The maximum atomic E-state index is 12.4. The normalized spacial score (nSPS) is 19.0. The molecule has 1 aliphatic rings. The van der Waals surface area contributed by atoms with Gasteiger partial charge in [0.1, 0.15) is 5.75 Å². The van der Waals surface area contributed by atoms with E-state index in [0.29, 0.717) is 5.56 Å². The van der Waals surface area contributed by atoms with E-state index >= 15 is 0 Å². The van der Waals surface area contributed by atoms with Gasteiger partial charge in [0, 0.05) is 5.56 Å². The number of fused-ring (bicyclic) bond motifs is 1. The summed E-state index contributed by atoms with van der Waals surface area (Å²) in [7, 11) is 0. The zero-order chi connectivity index (χ0) is 16.4. The molecule has 2 aromatic rings. The van der Waals surface area contributed by atoms with Crippen molar-refractivity contribution in [2.75, 3.05) is 0 Å². The fourth-order valence-electron chi connectivity index (χ4n) is 3.44. The predicted octanol–water partition coefficient (Wildman–Crippen LogP) is 3.86. The van der Waals surface area contributed by atoms with E-state index < -0.39 is 0 Å². The van der Waals surface area contributed by atoms with E-state index in [0.717, 1.165) is 12.8 Å². The fourth-order valence-corrected chi connectivity index (χ4v) is 3.44. The number of phenols is 1. The zero-order valence-corrected chi connectivity index (χ0v) is 13.7. The molecule has 0 spiro atoms. The van der Waals surface area contributed by atoms with Crippen molar-refractivity contribution in [1.29, 1.82) is 0 Å². The number of benzene rings is 2. The van der Waals surface area contributed by atoms with E-state index in [-0.39, 0.29) is 29.5 Å². The van der Waals surface area contributed by atoms with Crippen LogP contribution >= 0.6 is 0 Å². The highest BCUT2D eigenvalue weighted by Crippen LogP contribution is 2.41. The molecule has 2 N–H and O–H groups in total. The molecule has 2 aromatic carbocycles. The van der Waals surface area contributed by atoms with Crippen LogP contribution < -0.4 is 5.32 Å². The van der Waals surface area contributed by atoms with Crippen LogP contribution in [0.1, 0.15) is 49.4 Å². The highest BCUT2D eigenvalue weighted by atomic mass is 16.3. The molecular weight excluding hydrogens is 286 g/mol. The van der Waals surface area contributed by atoms with E-state index in [9.17, 15) is 9.90 Å². The first kappa shape index (κ1) is 15.6. The molecule has 0 aromatic heterocycles. The van der Waals surface area contributed by atoms with Gasteiger partial charge in [0.05, 0.1) is 12.5 Å². The number of carbonyl (C=O) groups excluding carboxylic acids is 1. The fraction of sp³-hybridized carbons (Fsp3) is 0.350. The molecule has 0 saturated carbocycles. The monoisotopic (exact) mass is 309 g/mol. The molecule has 0 bridgehead atoms.